The maximum atomic E-state index is 13.3. The number of carbonyl (C=O) groups excluding carboxylic acids is 1. The summed E-state index contributed by atoms with van der Waals surface area (Å²) in [5.41, 5.74) is 0.285. The predicted octanol–water partition coefficient (Wildman–Crippen LogP) is 2.77. The summed E-state index contributed by atoms with van der Waals surface area (Å²) in [7, 11) is 1.73. The number of halogens is 1. The van der Waals surface area contributed by atoms with Crippen LogP contribution in [0.2, 0.25) is 0 Å². The molecule has 0 radical (unpaired) electrons. The van der Waals surface area contributed by atoms with Gasteiger partial charge in [-0.2, -0.15) is 0 Å². The Morgan fingerprint density at radius 1 is 1.53 bits per heavy atom. The molecule has 1 aromatic rings. The van der Waals surface area contributed by atoms with Crippen LogP contribution in [-0.2, 0) is 0 Å². The van der Waals surface area contributed by atoms with Gasteiger partial charge in [-0.25, -0.2) is 9.37 Å². The van der Waals surface area contributed by atoms with Crippen LogP contribution in [0.4, 0.5) is 10.2 Å². The maximum Gasteiger partial charge on any atom is 0.257 e. The van der Waals surface area contributed by atoms with E-state index in [9.17, 15) is 9.18 Å². The summed E-state index contributed by atoms with van der Waals surface area (Å²) in [6, 6.07) is 1.24. The van der Waals surface area contributed by atoms with E-state index >= 15 is 0 Å². The number of anilines is 1. The number of pyridine rings is 1. The second-order valence-electron chi connectivity index (χ2n) is 4.99. The Balaban J connectivity index is 2.87. The van der Waals surface area contributed by atoms with Crippen LogP contribution in [-0.4, -0.2) is 35.9 Å². The van der Waals surface area contributed by atoms with Crippen molar-refractivity contribution < 1.29 is 9.18 Å². The van der Waals surface area contributed by atoms with Gasteiger partial charge in [-0.05, 0) is 25.3 Å². The molecule has 0 aliphatic carbocycles. The highest BCUT2D eigenvalue weighted by Crippen LogP contribution is 2.16. The van der Waals surface area contributed by atoms with Crippen molar-refractivity contribution in [3.8, 4) is 0 Å². The minimum Gasteiger partial charge on any atom is -0.370 e. The summed E-state index contributed by atoms with van der Waals surface area (Å²) in [6.45, 7) is 7.40. The van der Waals surface area contributed by atoms with Gasteiger partial charge in [0.15, 0.2) is 0 Å². The van der Waals surface area contributed by atoms with Crippen LogP contribution < -0.4 is 5.32 Å². The summed E-state index contributed by atoms with van der Waals surface area (Å²) in [4.78, 5) is 17.8. The number of rotatable bonds is 6. The first-order chi connectivity index (χ1) is 8.95. The molecule has 1 amide bonds. The molecule has 1 N–H and O–H groups in total. The number of hydrogen-bond donors (Lipinski definition) is 1. The van der Waals surface area contributed by atoms with Gasteiger partial charge in [0.1, 0.15) is 11.6 Å². The van der Waals surface area contributed by atoms with Gasteiger partial charge in [-0.15, -0.1) is 0 Å². The van der Waals surface area contributed by atoms with Gasteiger partial charge in [0.25, 0.3) is 5.91 Å². The molecule has 0 unspecified atom stereocenters. The Bertz CT molecular complexity index is 435. The zero-order valence-corrected chi connectivity index (χ0v) is 12.0. The van der Waals surface area contributed by atoms with Crippen LogP contribution >= 0.6 is 0 Å². The molecule has 0 aliphatic heterocycles. The van der Waals surface area contributed by atoms with Gasteiger partial charge in [-0.1, -0.05) is 13.8 Å². The number of carbonyl (C=O) groups is 1. The number of amides is 1. The monoisotopic (exact) mass is 267 g/mol. The molecule has 1 heterocycles. The average Bonchev–Trinajstić information content (AvgIpc) is 2.37. The van der Waals surface area contributed by atoms with Crippen LogP contribution in [0.3, 0.4) is 0 Å². The minimum absolute atomic E-state index is 0.205. The highest BCUT2D eigenvalue weighted by molar-refractivity contribution is 5.98. The van der Waals surface area contributed by atoms with Gasteiger partial charge in [-0.3, -0.25) is 4.79 Å². The Labute approximate surface area is 114 Å². The quantitative estimate of drug-likeness (QED) is 0.862. The fraction of sp³-hybridized carbons (Fsp3) is 0.571. The number of nitrogens with zero attached hydrogens (tertiary/aromatic N) is 2. The molecular weight excluding hydrogens is 245 g/mol. The molecule has 0 saturated carbocycles. The molecule has 0 atom stereocenters. The Morgan fingerprint density at radius 2 is 2.21 bits per heavy atom. The lowest BCUT2D eigenvalue weighted by Crippen LogP contribution is -2.29. The SMILES string of the molecule is CCNc1ncc(F)cc1C(=O)N(C)CCC(C)C. The topological polar surface area (TPSA) is 45.2 Å². The Hall–Kier alpha value is -1.65. The maximum absolute atomic E-state index is 13.3. The summed E-state index contributed by atoms with van der Waals surface area (Å²) in [5.74, 6) is 0.255. The standard InChI is InChI=1S/C14H22FN3O/c1-5-16-13-12(8-11(15)9-17-13)14(19)18(4)7-6-10(2)3/h8-10H,5-7H2,1-4H3,(H,16,17). The number of aromatic nitrogens is 1. The first-order valence-corrected chi connectivity index (χ1v) is 6.60. The summed E-state index contributed by atoms with van der Waals surface area (Å²) in [6.07, 6.45) is 2.03. The fourth-order valence-corrected chi connectivity index (χ4v) is 1.67. The highest BCUT2D eigenvalue weighted by atomic mass is 19.1. The van der Waals surface area contributed by atoms with E-state index in [2.05, 4.69) is 24.1 Å². The Morgan fingerprint density at radius 3 is 2.79 bits per heavy atom. The zero-order valence-electron chi connectivity index (χ0n) is 12.0. The molecule has 4 nitrogen and oxygen atoms in total. The molecular formula is C14H22FN3O. The zero-order chi connectivity index (χ0) is 14.4. The van der Waals surface area contributed by atoms with E-state index in [4.69, 9.17) is 0 Å². The summed E-state index contributed by atoms with van der Waals surface area (Å²) >= 11 is 0. The van der Waals surface area contributed by atoms with Crippen LogP contribution in [0.25, 0.3) is 0 Å². The van der Waals surface area contributed by atoms with Crippen molar-refractivity contribution in [1.29, 1.82) is 0 Å². The molecule has 0 spiro atoms. The average molecular weight is 267 g/mol. The van der Waals surface area contributed by atoms with E-state index in [-0.39, 0.29) is 11.5 Å². The van der Waals surface area contributed by atoms with Crippen molar-refractivity contribution in [2.24, 2.45) is 5.92 Å². The summed E-state index contributed by atoms with van der Waals surface area (Å²) in [5, 5.41) is 2.98. The molecule has 0 aromatic carbocycles. The molecule has 0 fully saturated rings. The van der Waals surface area contributed by atoms with E-state index < -0.39 is 5.82 Å². The fourth-order valence-electron chi connectivity index (χ4n) is 1.67. The lowest BCUT2D eigenvalue weighted by atomic mass is 10.1. The second-order valence-corrected chi connectivity index (χ2v) is 4.99. The first kappa shape index (κ1) is 15.4. The molecule has 0 saturated heterocycles. The molecule has 5 heteroatoms. The third kappa shape index (κ3) is 4.50. The van der Waals surface area contributed by atoms with E-state index in [1.54, 1.807) is 11.9 Å². The third-order valence-electron chi connectivity index (χ3n) is 2.82. The van der Waals surface area contributed by atoms with Crippen molar-refractivity contribution in [2.45, 2.75) is 27.2 Å². The van der Waals surface area contributed by atoms with Gasteiger partial charge in [0.05, 0.1) is 11.8 Å². The largest absolute Gasteiger partial charge is 0.370 e. The minimum atomic E-state index is -0.498. The summed E-state index contributed by atoms with van der Waals surface area (Å²) < 4.78 is 13.3. The smallest absolute Gasteiger partial charge is 0.257 e. The molecule has 1 rings (SSSR count). The van der Waals surface area contributed by atoms with Crippen LogP contribution in [0.15, 0.2) is 12.3 Å². The first-order valence-electron chi connectivity index (χ1n) is 6.60. The predicted molar refractivity (Wildman–Crippen MR) is 74.8 cm³/mol. The van der Waals surface area contributed by atoms with Crippen LogP contribution in [0.1, 0.15) is 37.6 Å². The number of hydrogen-bond acceptors (Lipinski definition) is 3. The van der Waals surface area contributed by atoms with Crippen molar-refractivity contribution in [1.82, 2.24) is 9.88 Å². The molecule has 1 aromatic heterocycles. The van der Waals surface area contributed by atoms with Crippen molar-refractivity contribution in [3.05, 3.63) is 23.6 Å². The lowest BCUT2D eigenvalue weighted by Gasteiger charge is -2.19. The van der Waals surface area contributed by atoms with Crippen LogP contribution in [0, 0.1) is 11.7 Å². The van der Waals surface area contributed by atoms with E-state index in [0.29, 0.717) is 24.8 Å². The van der Waals surface area contributed by atoms with E-state index in [1.807, 2.05) is 6.92 Å². The van der Waals surface area contributed by atoms with Gasteiger partial charge in [0, 0.05) is 20.1 Å². The molecule has 0 aliphatic rings. The number of nitrogens with one attached hydrogen (secondary N) is 1. The van der Waals surface area contributed by atoms with Crippen molar-refractivity contribution >= 4 is 11.7 Å². The van der Waals surface area contributed by atoms with Gasteiger partial charge < -0.3 is 10.2 Å². The van der Waals surface area contributed by atoms with Gasteiger partial charge in [0.2, 0.25) is 0 Å². The van der Waals surface area contributed by atoms with Crippen LogP contribution in [0.5, 0.6) is 0 Å². The van der Waals surface area contributed by atoms with E-state index in [0.717, 1.165) is 12.6 Å². The molecule has 0 bridgehead atoms. The second kappa shape index (κ2) is 7.07. The third-order valence-corrected chi connectivity index (χ3v) is 2.82. The molecule has 19 heavy (non-hydrogen) atoms. The van der Waals surface area contributed by atoms with Crippen molar-refractivity contribution in [3.63, 3.8) is 0 Å². The lowest BCUT2D eigenvalue weighted by molar-refractivity contribution is 0.0789. The highest BCUT2D eigenvalue weighted by Gasteiger charge is 2.17. The van der Waals surface area contributed by atoms with Crippen molar-refractivity contribution in [2.75, 3.05) is 25.5 Å². The van der Waals surface area contributed by atoms with Gasteiger partial charge >= 0.3 is 0 Å². The Kier molecular flexibility index (Phi) is 5.73. The normalized spacial score (nSPS) is 10.6. The molecule has 106 valence electrons. The van der Waals surface area contributed by atoms with E-state index in [1.165, 1.54) is 6.07 Å².